The van der Waals surface area contributed by atoms with Gasteiger partial charge in [0.2, 0.25) is 0 Å². The predicted molar refractivity (Wildman–Crippen MR) is 101 cm³/mol. The summed E-state index contributed by atoms with van der Waals surface area (Å²) in [6.45, 7) is 0. The van der Waals surface area contributed by atoms with E-state index in [1.807, 2.05) is 40.1 Å². The number of nitrogens with zero attached hydrogens (tertiary/aromatic N) is 3. The number of amides is 1. The molecule has 0 unspecified atom stereocenters. The average Bonchev–Trinajstić information content (AvgIpc) is 3.27. The highest BCUT2D eigenvalue weighted by Crippen LogP contribution is 2.33. The largest absolute Gasteiger partial charge is 0.299 e. The molecule has 0 radical (unpaired) electrons. The molecule has 4 rings (SSSR count). The number of amidine groups is 1. The number of hydrogen-bond acceptors (Lipinski definition) is 7. The number of nitrogens with one attached hydrogen (secondary N) is 1. The molecule has 1 aliphatic heterocycles. The summed E-state index contributed by atoms with van der Waals surface area (Å²) in [5.41, 5.74) is 0.963. The number of pyridine rings is 1. The number of hydrazone groups is 1. The summed E-state index contributed by atoms with van der Waals surface area (Å²) >= 11 is 4.48. The summed E-state index contributed by atoms with van der Waals surface area (Å²) in [7, 11) is 0. The molecule has 24 heavy (non-hydrogen) atoms. The van der Waals surface area contributed by atoms with E-state index in [9.17, 15) is 4.79 Å². The van der Waals surface area contributed by atoms with Crippen LogP contribution in [0.3, 0.4) is 0 Å². The zero-order valence-electron chi connectivity index (χ0n) is 12.4. The number of hydrogen-bond donors (Lipinski definition) is 1. The molecule has 3 aromatic rings. The summed E-state index contributed by atoms with van der Waals surface area (Å²) < 4.78 is 1.87. The molecule has 0 atom stereocenters. The maximum atomic E-state index is 12.1. The minimum Gasteiger partial charge on any atom is -0.299 e. The lowest BCUT2D eigenvalue weighted by atomic mass is 10.2. The molecule has 3 heterocycles. The first kappa shape index (κ1) is 15.5. The summed E-state index contributed by atoms with van der Waals surface area (Å²) in [4.78, 5) is 18.2. The number of carbonyl (C=O) groups is 1. The molecule has 0 bridgehead atoms. The molecule has 1 aliphatic rings. The van der Waals surface area contributed by atoms with Crippen molar-refractivity contribution in [2.75, 3.05) is 5.88 Å². The smallest absolute Gasteiger partial charge is 0.267 e. The first-order valence-corrected chi connectivity index (χ1v) is 9.79. The Morgan fingerprint density at radius 2 is 2.12 bits per heavy atom. The Balaban J connectivity index is 1.48. The molecule has 0 fully saturated rings. The van der Waals surface area contributed by atoms with Crippen LogP contribution in [-0.4, -0.2) is 26.3 Å². The van der Waals surface area contributed by atoms with Gasteiger partial charge in [0.05, 0.1) is 10.4 Å². The van der Waals surface area contributed by atoms with Gasteiger partial charge in [0.25, 0.3) is 5.91 Å². The van der Waals surface area contributed by atoms with Crippen LogP contribution in [0.5, 0.6) is 0 Å². The van der Waals surface area contributed by atoms with Gasteiger partial charge in [-0.3, -0.25) is 15.1 Å². The first-order chi connectivity index (χ1) is 11.8. The average molecular weight is 373 g/mol. The fourth-order valence-electron chi connectivity index (χ4n) is 2.21. The van der Waals surface area contributed by atoms with Gasteiger partial charge in [-0.2, -0.15) is 0 Å². The number of thioether (sulfide) groups is 1. The summed E-state index contributed by atoms with van der Waals surface area (Å²) in [6.07, 6.45) is 1.80. The van der Waals surface area contributed by atoms with Crippen LogP contribution in [0.25, 0.3) is 10.9 Å². The first-order valence-electron chi connectivity index (χ1n) is 7.15. The number of aromatic nitrogens is 1. The van der Waals surface area contributed by atoms with Crippen LogP contribution in [0.1, 0.15) is 9.67 Å². The predicted octanol–water partition coefficient (Wildman–Crippen LogP) is 4.01. The second-order valence-electron chi connectivity index (χ2n) is 4.88. The number of thiophene rings is 1. The maximum absolute atomic E-state index is 12.1. The maximum Gasteiger partial charge on any atom is 0.267 e. The van der Waals surface area contributed by atoms with E-state index in [-0.39, 0.29) is 5.91 Å². The van der Waals surface area contributed by atoms with E-state index in [4.69, 9.17) is 0 Å². The van der Waals surface area contributed by atoms with Crippen molar-refractivity contribution in [1.82, 2.24) is 14.7 Å². The number of benzene rings is 1. The van der Waals surface area contributed by atoms with Crippen LogP contribution < -0.4 is 5.32 Å². The summed E-state index contributed by atoms with van der Waals surface area (Å²) in [5.74, 6) is 0.568. The number of fused-ring (bicyclic) bond motifs is 1. The van der Waals surface area contributed by atoms with Gasteiger partial charge in [0.1, 0.15) is 5.88 Å². The fourth-order valence-corrected chi connectivity index (χ4v) is 4.61. The Labute approximate surface area is 151 Å². The number of carbonyl (C=O) groups excluding carboxylic acids is 1. The van der Waals surface area contributed by atoms with Crippen molar-refractivity contribution in [3.63, 3.8) is 0 Å². The van der Waals surface area contributed by atoms with E-state index >= 15 is 0 Å². The lowest BCUT2D eigenvalue weighted by molar-refractivity contribution is 0.0981. The van der Waals surface area contributed by atoms with E-state index < -0.39 is 0 Å². The van der Waals surface area contributed by atoms with Gasteiger partial charge in [-0.1, -0.05) is 36.0 Å². The van der Waals surface area contributed by atoms with Crippen LogP contribution in [0, 0.1) is 0 Å². The lowest BCUT2D eigenvalue weighted by Crippen LogP contribution is -2.26. The standard InChI is InChI=1S/C16H12N4OS3/c21-15(14-6-3-9-22-14)18-16-19-20(10-23-16)24-13-7-8-17-12-5-2-1-4-11(12)13/h1-9H,10H2,(H,18,19,21). The van der Waals surface area contributed by atoms with Crippen molar-refractivity contribution in [2.24, 2.45) is 5.10 Å². The topological polar surface area (TPSA) is 57.6 Å². The molecule has 1 aromatic carbocycles. The van der Waals surface area contributed by atoms with Gasteiger partial charge in [0, 0.05) is 28.4 Å². The molecule has 0 aliphatic carbocycles. The monoisotopic (exact) mass is 372 g/mol. The van der Waals surface area contributed by atoms with Crippen LogP contribution in [0.15, 0.2) is 64.0 Å². The third kappa shape index (κ3) is 3.26. The molecule has 2 aromatic heterocycles. The minimum absolute atomic E-state index is 0.113. The van der Waals surface area contributed by atoms with Crippen LogP contribution in [-0.2, 0) is 0 Å². The van der Waals surface area contributed by atoms with Gasteiger partial charge < -0.3 is 0 Å². The Bertz CT molecular complexity index is 905. The Morgan fingerprint density at radius 1 is 1.21 bits per heavy atom. The van der Waals surface area contributed by atoms with E-state index in [0.29, 0.717) is 15.9 Å². The number of rotatable bonds is 3. The normalized spacial score (nSPS) is 14.0. The second-order valence-corrected chi connectivity index (χ2v) is 7.80. The summed E-state index contributed by atoms with van der Waals surface area (Å²) in [6, 6.07) is 13.7. The lowest BCUT2D eigenvalue weighted by Gasteiger charge is -2.12. The Morgan fingerprint density at radius 3 is 3.00 bits per heavy atom. The minimum atomic E-state index is -0.113. The molecule has 1 N–H and O–H groups in total. The zero-order valence-corrected chi connectivity index (χ0v) is 14.8. The molecular formula is C16H12N4OS3. The van der Waals surface area contributed by atoms with Gasteiger partial charge in [-0.15, -0.1) is 16.4 Å². The quantitative estimate of drug-likeness (QED) is 0.704. The van der Waals surface area contributed by atoms with E-state index in [1.54, 1.807) is 24.2 Å². The molecule has 8 heteroatoms. The van der Waals surface area contributed by atoms with Crippen LogP contribution in [0.4, 0.5) is 0 Å². The fraction of sp³-hybridized carbons (Fsp3) is 0.0625. The van der Waals surface area contributed by atoms with Gasteiger partial charge in [0.15, 0.2) is 5.17 Å². The number of para-hydroxylation sites is 1. The zero-order chi connectivity index (χ0) is 16.4. The molecule has 120 valence electrons. The third-order valence-corrected chi connectivity index (χ3v) is 6.13. The third-order valence-electron chi connectivity index (χ3n) is 3.29. The molecular weight excluding hydrogens is 360 g/mol. The molecule has 0 saturated carbocycles. The summed E-state index contributed by atoms with van der Waals surface area (Å²) in [5, 5.41) is 10.9. The van der Waals surface area contributed by atoms with Crippen molar-refractivity contribution in [1.29, 1.82) is 0 Å². The van der Waals surface area contributed by atoms with Crippen molar-refractivity contribution in [3.8, 4) is 0 Å². The van der Waals surface area contributed by atoms with Gasteiger partial charge in [-0.05, 0) is 23.6 Å². The molecule has 5 nitrogen and oxygen atoms in total. The van der Waals surface area contributed by atoms with Crippen molar-refractivity contribution >= 4 is 57.0 Å². The SMILES string of the molecule is O=C(NC1=NN(Sc2ccnc3ccccc23)CS1)c1cccs1. The van der Waals surface area contributed by atoms with Crippen LogP contribution >= 0.6 is 35.0 Å². The van der Waals surface area contributed by atoms with Gasteiger partial charge >= 0.3 is 0 Å². The van der Waals surface area contributed by atoms with E-state index in [2.05, 4.69) is 21.5 Å². The molecule has 0 spiro atoms. The van der Waals surface area contributed by atoms with E-state index in [0.717, 1.165) is 15.8 Å². The second kappa shape index (κ2) is 6.84. The van der Waals surface area contributed by atoms with Crippen molar-refractivity contribution in [2.45, 2.75) is 4.90 Å². The van der Waals surface area contributed by atoms with Crippen molar-refractivity contribution < 1.29 is 4.79 Å². The van der Waals surface area contributed by atoms with Crippen molar-refractivity contribution in [3.05, 3.63) is 58.9 Å². The highest BCUT2D eigenvalue weighted by Gasteiger charge is 2.20. The van der Waals surface area contributed by atoms with Crippen LogP contribution in [0.2, 0.25) is 0 Å². The Kier molecular flexibility index (Phi) is 4.42. The Hall–Kier alpha value is -2.03. The molecule has 1 amide bonds. The van der Waals surface area contributed by atoms with E-state index in [1.165, 1.54) is 23.1 Å². The highest BCUT2D eigenvalue weighted by atomic mass is 32.2. The molecule has 0 saturated heterocycles. The highest BCUT2D eigenvalue weighted by molar-refractivity contribution is 8.14. The van der Waals surface area contributed by atoms with Gasteiger partial charge in [-0.25, -0.2) is 4.41 Å².